The summed E-state index contributed by atoms with van der Waals surface area (Å²) in [6.07, 6.45) is 4.06. The molecule has 0 amide bonds. The fourth-order valence-corrected chi connectivity index (χ4v) is 0.883. The molecule has 0 fully saturated rings. The second kappa shape index (κ2) is 3.22. The van der Waals surface area contributed by atoms with Crippen LogP contribution in [0, 0.1) is 12.1 Å². The van der Waals surface area contributed by atoms with E-state index in [9.17, 15) is 4.39 Å². The van der Waals surface area contributed by atoms with Gasteiger partial charge in [0.05, 0.1) is 5.69 Å². The lowest BCUT2D eigenvalue weighted by atomic mass is 10.2. The fourth-order valence-electron chi connectivity index (χ4n) is 0.883. The standard InChI is InChI=1S/C8H4FN4/c9-8-4-6(5-11-13-8)7-2-1-3-10-12-7/h1-4H. The molecule has 0 N–H and O–H groups in total. The Morgan fingerprint density at radius 2 is 2.23 bits per heavy atom. The van der Waals surface area contributed by atoms with E-state index in [4.69, 9.17) is 0 Å². The highest BCUT2D eigenvalue weighted by atomic mass is 19.1. The molecule has 0 spiro atoms. The van der Waals surface area contributed by atoms with Gasteiger partial charge >= 0.3 is 0 Å². The molecule has 0 saturated heterocycles. The Kier molecular flexibility index (Phi) is 1.91. The molecular weight excluding hydrogens is 171 g/mol. The van der Waals surface area contributed by atoms with Crippen LogP contribution >= 0.6 is 0 Å². The van der Waals surface area contributed by atoms with Crippen LogP contribution in [0.15, 0.2) is 24.4 Å². The molecule has 0 aliphatic heterocycles. The van der Waals surface area contributed by atoms with Gasteiger partial charge in [-0.1, -0.05) is 0 Å². The minimum absolute atomic E-state index is 0.445. The van der Waals surface area contributed by atoms with Crippen LogP contribution in [0.3, 0.4) is 0 Å². The summed E-state index contributed by atoms with van der Waals surface area (Å²) in [7, 11) is 0. The molecule has 4 nitrogen and oxygen atoms in total. The van der Waals surface area contributed by atoms with Crippen LogP contribution < -0.4 is 0 Å². The third kappa shape index (κ3) is 1.64. The second-order valence-electron chi connectivity index (χ2n) is 2.30. The molecule has 0 aromatic carbocycles. The highest BCUT2D eigenvalue weighted by Crippen LogP contribution is 2.12. The van der Waals surface area contributed by atoms with Gasteiger partial charge in [-0.3, -0.25) is 0 Å². The van der Waals surface area contributed by atoms with Crippen molar-refractivity contribution in [2.75, 3.05) is 0 Å². The lowest BCUT2D eigenvalue weighted by Crippen LogP contribution is -1.91. The molecule has 13 heavy (non-hydrogen) atoms. The topological polar surface area (TPSA) is 51.6 Å². The van der Waals surface area contributed by atoms with E-state index in [1.165, 1.54) is 12.3 Å². The van der Waals surface area contributed by atoms with Crippen molar-refractivity contribution >= 4 is 0 Å². The first-order valence-corrected chi connectivity index (χ1v) is 3.55. The van der Waals surface area contributed by atoms with Gasteiger partial charge < -0.3 is 0 Å². The average molecular weight is 175 g/mol. The first kappa shape index (κ1) is 7.72. The molecule has 0 aliphatic carbocycles. The maximum Gasteiger partial charge on any atom is 0.234 e. The quantitative estimate of drug-likeness (QED) is 0.645. The summed E-state index contributed by atoms with van der Waals surface area (Å²) in [6, 6.07) is 4.60. The number of rotatable bonds is 1. The van der Waals surface area contributed by atoms with Gasteiger partial charge in [0.1, 0.15) is 6.20 Å². The van der Waals surface area contributed by atoms with Crippen molar-refractivity contribution in [3.63, 3.8) is 0 Å². The molecule has 0 aliphatic rings. The Bertz CT molecular complexity index is 404. The van der Waals surface area contributed by atoms with Crippen LogP contribution in [0.4, 0.5) is 4.39 Å². The number of aromatic nitrogens is 4. The smallest absolute Gasteiger partial charge is 0.183 e. The molecule has 2 rings (SSSR count). The zero-order chi connectivity index (χ0) is 9.10. The summed E-state index contributed by atoms with van der Waals surface area (Å²) < 4.78 is 12.6. The van der Waals surface area contributed by atoms with Crippen LogP contribution in [0.1, 0.15) is 0 Å². The molecule has 0 unspecified atom stereocenters. The van der Waals surface area contributed by atoms with Gasteiger partial charge in [0.25, 0.3) is 0 Å². The van der Waals surface area contributed by atoms with Crippen molar-refractivity contribution in [3.8, 4) is 11.3 Å². The monoisotopic (exact) mass is 175 g/mol. The number of hydrogen-bond donors (Lipinski definition) is 0. The van der Waals surface area contributed by atoms with Crippen molar-refractivity contribution < 1.29 is 4.39 Å². The third-order valence-electron chi connectivity index (χ3n) is 1.43. The van der Waals surface area contributed by atoms with Gasteiger partial charge in [-0.2, -0.15) is 14.6 Å². The van der Waals surface area contributed by atoms with Crippen molar-refractivity contribution in [1.82, 2.24) is 20.4 Å². The molecular formula is C8H4FN4. The van der Waals surface area contributed by atoms with E-state index < -0.39 is 5.95 Å². The molecule has 0 saturated carbocycles. The Morgan fingerprint density at radius 1 is 1.31 bits per heavy atom. The van der Waals surface area contributed by atoms with E-state index in [0.29, 0.717) is 11.3 Å². The summed E-state index contributed by atoms with van der Waals surface area (Å²) in [4.78, 5) is 0. The molecule has 0 bridgehead atoms. The van der Waals surface area contributed by atoms with Crippen molar-refractivity contribution in [2.45, 2.75) is 0 Å². The molecule has 1 radical (unpaired) electrons. The SMILES string of the molecule is Fc1cc(-c2cccnn2)[c]nn1. The first-order valence-electron chi connectivity index (χ1n) is 3.55. The zero-order valence-corrected chi connectivity index (χ0v) is 6.48. The van der Waals surface area contributed by atoms with Crippen LogP contribution in [0.5, 0.6) is 0 Å². The van der Waals surface area contributed by atoms with Crippen LogP contribution in [0.2, 0.25) is 0 Å². The van der Waals surface area contributed by atoms with E-state index in [0.717, 1.165) is 0 Å². The zero-order valence-electron chi connectivity index (χ0n) is 6.48. The summed E-state index contributed by atoms with van der Waals surface area (Å²) >= 11 is 0. The van der Waals surface area contributed by atoms with Gasteiger partial charge in [-0.15, -0.1) is 10.2 Å². The van der Waals surface area contributed by atoms with Crippen molar-refractivity contribution in [1.29, 1.82) is 0 Å². The van der Waals surface area contributed by atoms with E-state index in [1.54, 1.807) is 12.1 Å². The van der Waals surface area contributed by atoms with Crippen LogP contribution in [0.25, 0.3) is 11.3 Å². The summed E-state index contributed by atoms with van der Waals surface area (Å²) in [5.41, 5.74) is 0.969. The van der Waals surface area contributed by atoms with Gasteiger partial charge in [-0.05, 0) is 12.1 Å². The Labute approximate surface area is 73.5 Å². The lowest BCUT2D eigenvalue weighted by molar-refractivity contribution is 0.563. The first-order chi connectivity index (χ1) is 6.36. The predicted octanol–water partition coefficient (Wildman–Crippen LogP) is 0.873. The predicted molar refractivity (Wildman–Crippen MR) is 41.9 cm³/mol. The molecule has 2 aromatic heterocycles. The summed E-state index contributed by atoms with van der Waals surface area (Å²) in [5, 5.41) is 13.9. The summed E-state index contributed by atoms with van der Waals surface area (Å²) in [5.74, 6) is -0.653. The van der Waals surface area contributed by atoms with Gasteiger partial charge in [0.2, 0.25) is 5.95 Å². The minimum Gasteiger partial charge on any atom is -0.183 e. The van der Waals surface area contributed by atoms with E-state index >= 15 is 0 Å². The highest BCUT2D eigenvalue weighted by Gasteiger charge is 2.01. The van der Waals surface area contributed by atoms with E-state index in [2.05, 4.69) is 26.6 Å². The fraction of sp³-hybridized carbons (Fsp3) is 0. The van der Waals surface area contributed by atoms with Crippen LogP contribution in [-0.4, -0.2) is 20.4 Å². The van der Waals surface area contributed by atoms with Gasteiger partial charge in [0, 0.05) is 17.8 Å². The Hall–Kier alpha value is -1.91. The number of hydrogen-bond acceptors (Lipinski definition) is 4. The largest absolute Gasteiger partial charge is 0.234 e. The molecule has 63 valence electrons. The number of halogens is 1. The van der Waals surface area contributed by atoms with Crippen molar-refractivity contribution in [2.24, 2.45) is 0 Å². The Morgan fingerprint density at radius 3 is 2.92 bits per heavy atom. The highest BCUT2D eigenvalue weighted by molar-refractivity contribution is 5.55. The molecule has 2 aromatic rings. The normalized spacial score (nSPS) is 9.92. The second-order valence-corrected chi connectivity index (χ2v) is 2.30. The van der Waals surface area contributed by atoms with E-state index in [-0.39, 0.29) is 0 Å². The average Bonchev–Trinajstić information content (AvgIpc) is 2.19. The maximum atomic E-state index is 12.6. The van der Waals surface area contributed by atoms with Gasteiger partial charge in [-0.25, -0.2) is 0 Å². The Balaban J connectivity index is 2.48. The van der Waals surface area contributed by atoms with Crippen molar-refractivity contribution in [3.05, 3.63) is 36.5 Å². The lowest BCUT2D eigenvalue weighted by Gasteiger charge is -1.95. The van der Waals surface area contributed by atoms with E-state index in [1.807, 2.05) is 0 Å². The molecule has 0 atom stereocenters. The minimum atomic E-state index is -0.653. The third-order valence-corrected chi connectivity index (χ3v) is 1.43. The molecule has 5 heteroatoms. The maximum absolute atomic E-state index is 12.6. The van der Waals surface area contributed by atoms with Crippen LogP contribution in [-0.2, 0) is 0 Å². The molecule has 2 heterocycles. The summed E-state index contributed by atoms with van der Waals surface area (Å²) in [6.45, 7) is 0. The van der Waals surface area contributed by atoms with Gasteiger partial charge in [0.15, 0.2) is 0 Å². The number of nitrogens with zero attached hydrogens (tertiary/aromatic N) is 4.